The summed E-state index contributed by atoms with van der Waals surface area (Å²) in [5.74, 6) is 0.495. The first kappa shape index (κ1) is 18.3. The van der Waals surface area contributed by atoms with Crippen LogP contribution in [0.2, 0.25) is 0 Å². The number of benzene rings is 2. The second-order valence-electron chi connectivity index (χ2n) is 7.56. The Hall–Kier alpha value is -2.71. The minimum absolute atomic E-state index is 0.111. The van der Waals surface area contributed by atoms with Crippen molar-refractivity contribution in [3.8, 4) is 11.1 Å². The number of H-pyrrole nitrogens is 1. The molecule has 1 aliphatic heterocycles. The predicted octanol–water partition coefficient (Wildman–Crippen LogP) is 4.25. The van der Waals surface area contributed by atoms with Gasteiger partial charge >= 0.3 is 0 Å². The van der Waals surface area contributed by atoms with E-state index in [9.17, 15) is 12.8 Å². The molecule has 1 aliphatic rings. The Morgan fingerprint density at radius 3 is 2.72 bits per heavy atom. The number of piperidine rings is 1. The van der Waals surface area contributed by atoms with E-state index in [-0.39, 0.29) is 11.7 Å². The van der Waals surface area contributed by atoms with Crippen LogP contribution in [0.25, 0.3) is 33.1 Å². The number of fused-ring (bicyclic) bond motifs is 2. The van der Waals surface area contributed by atoms with Crippen LogP contribution in [0.3, 0.4) is 0 Å². The average molecular weight is 413 g/mol. The van der Waals surface area contributed by atoms with Crippen molar-refractivity contribution in [3.63, 3.8) is 0 Å². The van der Waals surface area contributed by atoms with Gasteiger partial charge in [0, 0.05) is 41.7 Å². The van der Waals surface area contributed by atoms with E-state index in [1.807, 2.05) is 24.4 Å². The highest BCUT2D eigenvalue weighted by atomic mass is 32.2. The summed E-state index contributed by atoms with van der Waals surface area (Å²) in [6, 6.07) is 10.5. The number of rotatable bonds is 3. The second-order valence-corrected chi connectivity index (χ2v) is 9.55. The fourth-order valence-electron chi connectivity index (χ4n) is 4.06. The summed E-state index contributed by atoms with van der Waals surface area (Å²) >= 11 is 0. The van der Waals surface area contributed by atoms with Crippen LogP contribution in [0.1, 0.15) is 24.7 Å². The Kier molecular flexibility index (Phi) is 4.22. The lowest BCUT2D eigenvalue weighted by Gasteiger charge is -2.28. The van der Waals surface area contributed by atoms with Gasteiger partial charge in [0.25, 0.3) is 0 Å². The number of aromatic amines is 1. The molecule has 29 heavy (non-hydrogen) atoms. The zero-order valence-corrected chi connectivity index (χ0v) is 16.7. The van der Waals surface area contributed by atoms with Crippen molar-refractivity contribution in [2.75, 3.05) is 19.3 Å². The van der Waals surface area contributed by atoms with Crippen LogP contribution in [0.15, 0.2) is 47.0 Å². The predicted molar refractivity (Wildman–Crippen MR) is 110 cm³/mol. The molecule has 0 unspecified atom stereocenters. The lowest BCUT2D eigenvalue weighted by molar-refractivity contribution is 0.295. The summed E-state index contributed by atoms with van der Waals surface area (Å²) in [6.07, 6.45) is 4.50. The summed E-state index contributed by atoms with van der Waals surface area (Å²) in [5, 5.41) is 0.943. The van der Waals surface area contributed by atoms with Crippen molar-refractivity contribution in [1.29, 1.82) is 0 Å². The maximum atomic E-state index is 13.4. The summed E-state index contributed by atoms with van der Waals surface area (Å²) in [4.78, 5) is 7.74. The Bertz CT molecular complexity index is 1320. The Balaban J connectivity index is 1.45. The van der Waals surface area contributed by atoms with Crippen LogP contribution in [-0.2, 0) is 10.0 Å². The van der Waals surface area contributed by atoms with E-state index in [1.165, 1.54) is 22.7 Å². The molecule has 0 spiro atoms. The summed E-state index contributed by atoms with van der Waals surface area (Å²) in [7, 11) is -3.15. The Labute approximate surface area is 167 Å². The van der Waals surface area contributed by atoms with Crippen LogP contribution in [0.4, 0.5) is 4.39 Å². The molecule has 1 N–H and O–H groups in total. The first-order chi connectivity index (χ1) is 13.9. The first-order valence-corrected chi connectivity index (χ1v) is 11.4. The van der Waals surface area contributed by atoms with Crippen LogP contribution in [0, 0.1) is 5.82 Å². The fourth-order valence-corrected chi connectivity index (χ4v) is 4.93. The molecule has 2 aromatic carbocycles. The minimum atomic E-state index is -3.15. The second kappa shape index (κ2) is 6.67. The Morgan fingerprint density at radius 2 is 1.97 bits per heavy atom. The smallest absolute Gasteiger partial charge is 0.211 e. The van der Waals surface area contributed by atoms with E-state index in [2.05, 4.69) is 9.97 Å². The van der Waals surface area contributed by atoms with Crippen molar-refractivity contribution in [2.45, 2.75) is 18.8 Å². The van der Waals surface area contributed by atoms with Gasteiger partial charge in [0.15, 0.2) is 11.5 Å². The monoisotopic (exact) mass is 413 g/mol. The maximum absolute atomic E-state index is 13.4. The van der Waals surface area contributed by atoms with Crippen molar-refractivity contribution in [1.82, 2.24) is 14.3 Å². The molecule has 5 rings (SSSR count). The molecule has 0 radical (unpaired) electrons. The van der Waals surface area contributed by atoms with Crippen LogP contribution in [-0.4, -0.2) is 42.0 Å². The molecule has 1 saturated heterocycles. The molecule has 0 saturated carbocycles. The zero-order chi connectivity index (χ0) is 20.2. The molecule has 0 amide bonds. The van der Waals surface area contributed by atoms with Gasteiger partial charge < -0.3 is 9.40 Å². The van der Waals surface area contributed by atoms with Gasteiger partial charge in [-0.3, -0.25) is 0 Å². The third kappa shape index (κ3) is 3.32. The molecule has 2 aromatic heterocycles. The van der Waals surface area contributed by atoms with E-state index in [0.717, 1.165) is 27.5 Å². The average Bonchev–Trinajstić information content (AvgIpc) is 3.30. The molecule has 0 atom stereocenters. The van der Waals surface area contributed by atoms with Crippen molar-refractivity contribution < 1.29 is 17.2 Å². The Morgan fingerprint density at radius 1 is 1.17 bits per heavy atom. The SMILES string of the molecule is CS(=O)(=O)N1CCC(c2nc3ccc(-c4c[nH]c5cc(F)ccc45)cc3o2)CC1. The van der Waals surface area contributed by atoms with E-state index >= 15 is 0 Å². The lowest BCUT2D eigenvalue weighted by atomic mass is 9.98. The molecular weight excluding hydrogens is 393 g/mol. The molecule has 0 bridgehead atoms. The third-order valence-electron chi connectivity index (χ3n) is 5.63. The molecule has 8 heteroatoms. The summed E-state index contributed by atoms with van der Waals surface area (Å²) in [5.41, 5.74) is 4.15. The van der Waals surface area contributed by atoms with Crippen LogP contribution in [0.5, 0.6) is 0 Å². The molecule has 4 aromatic rings. The van der Waals surface area contributed by atoms with Crippen molar-refractivity contribution >= 4 is 32.0 Å². The summed E-state index contributed by atoms with van der Waals surface area (Å²) < 4.78 is 44.4. The van der Waals surface area contributed by atoms with E-state index in [0.29, 0.717) is 37.4 Å². The minimum Gasteiger partial charge on any atom is -0.440 e. The fraction of sp³-hybridized carbons (Fsp3) is 0.286. The van der Waals surface area contributed by atoms with Gasteiger partial charge in [-0.25, -0.2) is 22.1 Å². The van der Waals surface area contributed by atoms with Crippen LogP contribution < -0.4 is 0 Å². The zero-order valence-electron chi connectivity index (χ0n) is 15.9. The highest BCUT2D eigenvalue weighted by molar-refractivity contribution is 7.88. The highest BCUT2D eigenvalue weighted by Gasteiger charge is 2.28. The normalized spacial score (nSPS) is 16.8. The number of nitrogens with one attached hydrogen (secondary N) is 1. The number of aromatic nitrogens is 2. The number of sulfonamides is 1. The number of nitrogens with zero attached hydrogens (tertiary/aromatic N) is 2. The number of oxazole rings is 1. The van der Waals surface area contributed by atoms with Crippen molar-refractivity contribution in [2.24, 2.45) is 0 Å². The number of halogens is 1. The van der Waals surface area contributed by atoms with E-state index in [1.54, 1.807) is 6.07 Å². The molecule has 0 aliphatic carbocycles. The van der Waals surface area contributed by atoms with Gasteiger partial charge in [0.2, 0.25) is 10.0 Å². The van der Waals surface area contributed by atoms with Gasteiger partial charge in [0.1, 0.15) is 11.3 Å². The lowest BCUT2D eigenvalue weighted by Crippen LogP contribution is -2.37. The third-order valence-corrected chi connectivity index (χ3v) is 6.94. The van der Waals surface area contributed by atoms with E-state index in [4.69, 9.17) is 4.42 Å². The number of hydrogen-bond donors (Lipinski definition) is 1. The van der Waals surface area contributed by atoms with Crippen molar-refractivity contribution in [3.05, 3.63) is 54.3 Å². The first-order valence-electron chi connectivity index (χ1n) is 9.51. The van der Waals surface area contributed by atoms with Gasteiger partial charge in [-0.05, 0) is 48.7 Å². The standard InChI is InChI=1S/C21H20FN3O3S/c1-29(26,27)25-8-6-13(7-9-25)21-24-18-5-2-14(10-20(18)28-21)17-12-23-19-11-15(22)3-4-16(17)19/h2-5,10-13,23H,6-9H2,1H3. The molecule has 6 nitrogen and oxygen atoms in total. The molecular formula is C21H20FN3O3S. The maximum Gasteiger partial charge on any atom is 0.211 e. The molecule has 150 valence electrons. The van der Waals surface area contributed by atoms with Gasteiger partial charge in [-0.1, -0.05) is 6.07 Å². The number of hydrogen-bond acceptors (Lipinski definition) is 4. The highest BCUT2D eigenvalue weighted by Crippen LogP contribution is 2.34. The van der Waals surface area contributed by atoms with E-state index < -0.39 is 10.0 Å². The quantitative estimate of drug-likeness (QED) is 0.544. The van der Waals surface area contributed by atoms with Crippen LogP contribution >= 0.6 is 0 Å². The largest absolute Gasteiger partial charge is 0.440 e. The van der Waals surface area contributed by atoms with Gasteiger partial charge in [0.05, 0.1) is 6.26 Å². The van der Waals surface area contributed by atoms with Gasteiger partial charge in [-0.2, -0.15) is 0 Å². The van der Waals surface area contributed by atoms with Gasteiger partial charge in [-0.15, -0.1) is 0 Å². The molecule has 3 heterocycles. The molecule has 1 fully saturated rings. The summed E-state index contributed by atoms with van der Waals surface area (Å²) in [6.45, 7) is 0.971. The topological polar surface area (TPSA) is 79.2 Å².